The average molecular weight is 355 g/mol. The lowest BCUT2D eigenvalue weighted by Crippen LogP contribution is -2.15. The number of carbonyl (C=O) groups excluding carboxylic acids is 1. The predicted octanol–water partition coefficient (Wildman–Crippen LogP) is 4.05. The number of hydrogen-bond donors (Lipinski definition) is 2. The Morgan fingerprint density at radius 3 is 2.50 bits per heavy atom. The molecule has 0 fully saturated rings. The van der Waals surface area contributed by atoms with Crippen LogP contribution in [-0.2, 0) is 0 Å². The molecule has 6 heteroatoms. The van der Waals surface area contributed by atoms with Crippen molar-refractivity contribution in [3.8, 4) is 0 Å². The Morgan fingerprint density at radius 2 is 1.85 bits per heavy atom. The van der Waals surface area contributed by atoms with Gasteiger partial charge in [-0.15, -0.1) is 0 Å². The van der Waals surface area contributed by atoms with Crippen LogP contribution in [-0.4, -0.2) is 17.0 Å². The second kappa shape index (κ2) is 6.07. The molecule has 0 spiro atoms. The van der Waals surface area contributed by atoms with Crippen molar-refractivity contribution in [2.75, 3.05) is 5.32 Å². The first kappa shape index (κ1) is 14.6. The van der Waals surface area contributed by atoms with E-state index in [1.807, 2.05) is 0 Å². The smallest absolute Gasteiger partial charge is 0.337 e. The third-order valence-electron chi connectivity index (χ3n) is 2.57. The van der Waals surface area contributed by atoms with Crippen LogP contribution >= 0.6 is 27.5 Å². The molecule has 102 valence electrons. The fraction of sp³-hybridized carbons (Fsp3) is 0. The van der Waals surface area contributed by atoms with Gasteiger partial charge in [0, 0.05) is 10.0 Å². The Morgan fingerprint density at radius 1 is 1.15 bits per heavy atom. The van der Waals surface area contributed by atoms with E-state index in [4.69, 9.17) is 16.7 Å². The first-order valence-electron chi connectivity index (χ1n) is 5.58. The highest BCUT2D eigenvalue weighted by molar-refractivity contribution is 9.10. The van der Waals surface area contributed by atoms with E-state index < -0.39 is 11.9 Å². The number of carboxylic acids is 1. The van der Waals surface area contributed by atoms with E-state index in [1.54, 1.807) is 24.3 Å². The Kier molecular flexibility index (Phi) is 4.42. The molecule has 0 aromatic heterocycles. The van der Waals surface area contributed by atoms with E-state index >= 15 is 0 Å². The van der Waals surface area contributed by atoms with Crippen molar-refractivity contribution in [3.05, 3.63) is 63.1 Å². The van der Waals surface area contributed by atoms with Crippen molar-refractivity contribution in [3.63, 3.8) is 0 Å². The van der Waals surface area contributed by atoms with Gasteiger partial charge in [0.2, 0.25) is 0 Å². The number of rotatable bonds is 3. The molecule has 2 aromatic rings. The molecule has 0 bridgehead atoms. The first-order valence-corrected chi connectivity index (χ1v) is 6.75. The molecule has 0 unspecified atom stereocenters. The summed E-state index contributed by atoms with van der Waals surface area (Å²) >= 11 is 9.22. The van der Waals surface area contributed by atoms with Gasteiger partial charge in [-0.25, -0.2) is 4.79 Å². The normalized spacial score (nSPS) is 10.1. The van der Waals surface area contributed by atoms with Gasteiger partial charge in [0.15, 0.2) is 0 Å². The topological polar surface area (TPSA) is 66.4 Å². The maximum Gasteiger partial charge on any atom is 0.337 e. The van der Waals surface area contributed by atoms with Crippen molar-refractivity contribution >= 4 is 45.1 Å². The minimum Gasteiger partial charge on any atom is -0.478 e. The van der Waals surface area contributed by atoms with Gasteiger partial charge < -0.3 is 10.4 Å². The van der Waals surface area contributed by atoms with E-state index in [-0.39, 0.29) is 16.3 Å². The number of carboxylic acid groups (broad SMARTS) is 1. The van der Waals surface area contributed by atoms with Crippen LogP contribution in [0, 0.1) is 0 Å². The van der Waals surface area contributed by atoms with Gasteiger partial charge in [0.1, 0.15) is 0 Å². The maximum atomic E-state index is 12.1. The van der Waals surface area contributed by atoms with Crippen LogP contribution < -0.4 is 5.32 Å². The van der Waals surface area contributed by atoms with Crippen molar-refractivity contribution < 1.29 is 14.7 Å². The quantitative estimate of drug-likeness (QED) is 0.874. The highest BCUT2D eigenvalue weighted by atomic mass is 79.9. The number of halogens is 2. The van der Waals surface area contributed by atoms with Crippen LogP contribution in [0.4, 0.5) is 5.69 Å². The summed E-state index contributed by atoms with van der Waals surface area (Å²) in [5, 5.41) is 11.8. The summed E-state index contributed by atoms with van der Waals surface area (Å²) in [5.41, 5.74) is 0.433. The lowest BCUT2D eigenvalue weighted by molar-refractivity contribution is 0.0698. The Bertz CT molecular complexity index is 688. The summed E-state index contributed by atoms with van der Waals surface area (Å²) in [7, 11) is 0. The van der Waals surface area contributed by atoms with Crippen LogP contribution in [0.1, 0.15) is 20.7 Å². The average Bonchev–Trinajstić information content (AvgIpc) is 2.40. The monoisotopic (exact) mass is 353 g/mol. The zero-order valence-corrected chi connectivity index (χ0v) is 12.4. The minimum absolute atomic E-state index is 0.0548. The SMILES string of the molecule is O=C(Nc1c(Cl)cccc1C(=O)O)c1cccc(Br)c1. The second-order valence-electron chi connectivity index (χ2n) is 3.93. The van der Waals surface area contributed by atoms with Crippen molar-refractivity contribution in [2.24, 2.45) is 0 Å². The molecule has 0 aliphatic heterocycles. The molecule has 2 N–H and O–H groups in total. The molecule has 20 heavy (non-hydrogen) atoms. The van der Waals surface area contributed by atoms with Gasteiger partial charge in [-0.1, -0.05) is 39.7 Å². The minimum atomic E-state index is -1.16. The Hall–Kier alpha value is -1.85. The lowest BCUT2D eigenvalue weighted by atomic mass is 10.1. The van der Waals surface area contributed by atoms with E-state index in [2.05, 4.69) is 21.2 Å². The molecule has 0 heterocycles. The lowest BCUT2D eigenvalue weighted by Gasteiger charge is -2.10. The number of anilines is 1. The van der Waals surface area contributed by atoms with E-state index in [0.29, 0.717) is 5.56 Å². The summed E-state index contributed by atoms with van der Waals surface area (Å²) in [4.78, 5) is 23.2. The zero-order chi connectivity index (χ0) is 14.7. The van der Waals surface area contributed by atoms with Gasteiger partial charge >= 0.3 is 5.97 Å². The number of carbonyl (C=O) groups is 2. The molecular weight excluding hydrogens is 346 g/mol. The fourth-order valence-corrected chi connectivity index (χ4v) is 2.27. The van der Waals surface area contributed by atoms with Gasteiger partial charge in [-0.05, 0) is 30.3 Å². The third kappa shape index (κ3) is 3.18. The summed E-state index contributed by atoms with van der Waals surface area (Å²) in [6.45, 7) is 0. The third-order valence-corrected chi connectivity index (χ3v) is 3.38. The zero-order valence-electron chi connectivity index (χ0n) is 10.1. The number of para-hydroxylation sites is 1. The van der Waals surface area contributed by atoms with E-state index in [1.165, 1.54) is 18.2 Å². The van der Waals surface area contributed by atoms with Gasteiger partial charge in [-0.2, -0.15) is 0 Å². The van der Waals surface area contributed by atoms with Gasteiger partial charge in [-0.3, -0.25) is 4.79 Å². The van der Waals surface area contributed by atoms with Crippen molar-refractivity contribution in [1.82, 2.24) is 0 Å². The molecule has 2 aromatic carbocycles. The Balaban J connectivity index is 2.35. The molecule has 1 amide bonds. The van der Waals surface area contributed by atoms with Crippen LogP contribution in [0.2, 0.25) is 5.02 Å². The number of benzene rings is 2. The molecule has 0 aliphatic rings. The molecular formula is C14H9BrClNO3. The van der Waals surface area contributed by atoms with Gasteiger partial charge in [0.25, 0.3) is 5.91 Å². The standard InChI is InChI=1S/C14H9BrClNO3/c15-9-4-1-3-8(7-9)13(18)17-12-10(14(19)20)5-2-6-11(12)16/h1-7H,(H,17,18)(H,19,20). The van der Waals surface area contributed by atoms with Crippen LogP contribution in [0.25, 0.3) is 0 Å². The Labute approximate surface area is 128 Å². The summed E-state index contributed by atoms with van der Waals surface area (Å²) in [5.74, 6) is -1.58. The largest absolute Gasteiger partial charge is 0.478 e. The fourth-order valence-electron chi connectivity index (χ4n) is 1.64. The second-order valence-corrected chi connectivity index (χ2v) is 5.25. The predicted molar refractivity (Wildman–Crippen MR) is 80.5 cm³/mol. The highest BCUT2D eigenvalue weighted by Crippen LogP contribution is 2.26. The summed E-state index contributed by atoms with van der Waals surface area (Å²) in [6, 6.07) is 11.2. The first-order chi connectivity index (χ1) is 9.49. The molecule has 0 radical (unpaired) electrons. The number of nitrogens with one attached hydrogen (secondary N) is 1. The molecule has 0 atom stereocenters. The van der Waals surface area contributed by atoms with Crippen LogP contribution in [0.15, 0.2) is 46.9 Å². The highest BCUT2D eigenvalue weighted by Gasteiger charge is 2.16. The molecule has 0 aliphatic carbocycles. The van der Waals surface area contributed by atoms with Crippen molar-refractivity contribution in [1.29, 1.82) is 0 Å². The number of hydrogen-bond acceptors (Lipinski definition) is 2. The number of amides is 1. The maximum absolute atomic E-state index is 12.1. The van der Waals surface area contributed by atoms with E-state index in [0.717, 1.165) is 4.47 Å². The molecule has 0 saturated carbocycles. The van der Waals surface area contributed by atoms with Crippen molar-refractivity contribution in [2.45, 2.75) is 0 Å². The molecule has 2 rings (SSSR count). The summed E-state index contributed by atoms with van der Waals surface area (Å²) in [6.07, 6.45) is 0. The van der Waals surface area contributed by atoms with E-state index in [9.17, 15) is 9.59 Å². The number of aromatic carboxylic acids is 1. The van der Waals surface area contributed by atoms with Crippen LogP contribution in [0.5, 0.6) is 0 Å². The van der Waals surface area contributed by atoms with Gasteiger partial charge in [0.05, 0.1) is 16.3 Å². The summed E-state index contributed by atoms with van der Waals surface area (Å²) < 4.78 is 0.753. The van der Waals surface area contributed by atoms with Crippen LogP contribution in [0.3, 0.4) is 0 Å². The molecule has 4 nitrogen and oxygen atoms in total. The molecule has 0 saturated heterocycles.